The standard InChI is InChI=1S/C11H16FN3/c12-11-9-10(3-4-14-11)13-5-8-15-6-1-2-7-15/h3-4,9H,1-2,5-8H2,(H,13,14). The van der Waals surface area contributed by atoms with Gasteiger partial charge in [0, 0.05) is 31.0 Å². The second-order valence-corrected chi connectivity index (χ2v) is 3.84. The van der Waals surface area contributed by atoms with Gasteiger partial charge in [-0.2, -0.15) is 4.39 Å². The van der Waals surface area contributed by atoms with E-state index in [-0.39, 0.29) is 0 Å². The van der Waals surface area contributed by atoms with Gasteiger partial charge in [-0.1, -0.05) is 0 Å². The van der Waals surface area contributed by atoms with Crippen LogP contribution >= 0.6 is 0 Å². The van der Waals surface area contributed by atoms with E-state index in [0.29, 0.717) is 0 Å². The Bertz CT molecular complexity index is 310. The summed E-state index contributed by atoms with van der Waals surface area (Å²) in [6, 6.07) is 3.21. The van der Waals surface area contributed by atoms with Gasteiger partial charge in [-0.25, -0.2) is 4.98 Å². The molecule has 1 aromatic heterocycles. The number of anilines is 1. The van der Waals surface area contributed by atoms with Gasteiger partial charge in [-0.3, -0.25) is 0 Å². The molecule has 4 heteroatoms. The second-order valence-electron chi connectivity index (χ2n) is 3.84. The summed E-state index contributed by atoms with van der Waals surface area (Å²) in [4.78, 5) is 5.93. The van der Waals surface area contributed by atoms with Gasteiger partial charge in [0.2, 0.25) is 5.95 Å². The second kappa shape index (κ2) is 5.07. The average molecular weight is 209 g/mol. The van der Waals surface area contributed by atoms with Crippen molar-refractivity contribution in [3.63, 3.8) is 0 Å². The van der Waals surface area contributed by atoms with Gasteiger partial charge < -0.3 is 10.2 Å². The van der Waals surface area contributed by atoms with E-state index in [2.05, 4.69) is 15.2 Å². The molecule has 2 heterocycles. The molecule has 3 nitrogen and oxygen atoms in total. The lowest BCUT2D eigenvalue weighted by molar-refractivity contribution is 0.352. The van der Waals surface area contributed by atoms with Crippen LogP contribution in [0.15, 0.2) is 18.3 Å². The third-order valence-electron chi connectivity index (χ3n) is 2.68. The van der Waals surface area contributed by atoms with Crippen LogP contribution in [0.25, 0.3) is 0 Å². The summed E-state index contributed by atoms with van der Waals surface area (Å²) in [5.41, 5.74) is 0.807. The molecule has 82 valence electrons. The zero-order chi connectivity index (χ0) is 10.5. The zero-order valence-corrected chi connectivity index (χ0v) is 8.75. The molecule has 1 aliphatic rings. The Morgan fingerprint density at radius 1 is 1.40 bits per heavy atom. The molecule has 0 radical (unpaired) electrons. The van der Waals surface area contributed by atoms with E-state index in [4.69, 9.17) is 0 Å². The third kappa shape index (κ3) is 3.16. The number of hydrogen-bond acceptors (Lipinski definition) is 3. The van der Waals surface area contributed by atoms with E-state index in [1.807, 2.05) is 0 Å². The normalized spacial score (nSPS) is 16.9. The molecule has 0 amide bonds. The summed E-state index contributed by atoms with van der Waals surface area (Å²) in [5, 5.41) is 3.19. The van der Waals surface area contributed by atoms with E-state index in [1.54, 1.807) is 6.07 Å². The van der Waals surface area contributed by atoms with Gasteiger partial charge in [0.25, 0.3) is 0 Å². The van der Waals surface area contributed by atoms with Crippen LogP contribution in [0.1, 0.15) is 12.8 Å². The lowest BCUT2D eigenvalue weighted by Gasteiger charge is -2.15. The Morgan fingerprint density at radius 3 is 2.93 bits per heavy atom. The van der Waals surface area contributed by atoms with Crippen molar-refractivity contribution in [3.8, 4) is 0 Å². The minimum Gasteiger partial charge on any atom is -0.384 e. The van der Waals surface area contributed by atoms with E-state index in [1.165, 1.54) is 38.2 Å². The maximum Gasteiger partial charge on any atom is 0.214 e. The molecule has 0 aliphatic carbocycles. The highest BCUT2D eigenvalue weighted by atomic mass is 19.1. The molecule has 1 saturated heterocycles. The van der Waals surface area contributed by atoms with E-state index < -0.39 is 5.95 Å². The van der Waals surface area contributed by atoms with Crippen LogP contribution in [0.4, 0.5) is 10.1 Å². The number of likely N-dealkylation sites (tertiary alicyclic amines) is 1. The topological polar surface area (TPSA) is 28.2 Å². The Morgan fingerprint density at radius 2 is 2.20 bits per heavy atom. The highest BCUT2D eigenvalue weighted by Crippen LogP contribution is 2.08. The lowest BCUT2D eigenvalue weighted by Crippen LogP contribution is -2.25. The molecule has 0 spiro atoms. The van der Waals surface area contributed by atoms with Crippen LogP contribution in [0.3, 0.4) is 0 Å². The molecule has 1 fully saturated rings. The van der Waals surface area contributed by atoms with Gasteiger partial charge in [0.1, 0.15) is 0 Å². The fraction of sp³-hybridized carbons (Fsp3) is 0.545. The Hall–Kier alpha value is -1.16. The molecule has 15 heavy (non-hydrogen) atoms. The first-order chi connectivity index (χ1) is 7.34. The number of pyridine rings is 1. The van der Waals surface area contributed by atoms with Gasteiger partial charge in [0.15, 0.2) is 0 Å². The van der Waals surface area contributed by atoms with Crippen LogP contribution in [0.2, 0.25) is 0 Å². The SMILES string of the molecule is Fc1cc(NCCN2CCCC2)ccn1. The molecule has 2 rings (SSSR count). The van der Waals surface area contributed by atoms with Crippen LogP contribution in [0.5, 0.6) is 0 Å². The minimum atomic E-state index is -0.429. The quantitative estimate of drug-likeness (QED) is 0.765. The molecule has 0 unspecified atom stereocenters. The lowest BCUT2D eigenvalue weighted by atomic mass is 10.4. The van der Waals surface area contributed by atoms with Crippen molar-refractivity contribution in [2.75, 3.05) is 31.5 Å². The average Bonchev–Trinajstić information content (AvgIpc) is 2.71. The number of halogens is 1. The van der Waals surface area contributed by atoms with E-state index >= 15 is 0 Å². The summed E-state index contributed by atoms with van der Waals surface area (Å²) in [6.07, 6.45) is 4.10. The largest absolute Gasteiger partial charge is 0.384 e. The molecule has 0 aromatic carbocycles. The van der Waals surface area contributed by atoms with Gasteiger partial charge in [0.05, 0.1) is 0 Å². The summed E-state index contributed by atoms with van der Waals surface area (Å²) >= 11 is 0. The van der Waals surface area contributed by atoms with E-state index in [0.717, 1.165) is 18.8 Å². The van der Waals surface area contributed by atoms with Crippen molar-refractivity contribution in [2.24, 2.45) is 0 Å². The van der Waals surface area contributed by atoms with Gasteiger partial charge in [-0.15, -0.1) is 0 Å². The first-order valence-corrected chi connectivity index (χ1v) is 5.42. The van der Waals surface area contributed by atoms with Crippen LogP contribution in [0, 0.1) is 5.95 Å². The first-order valence-electron chi connectivity index (χ1n) is 5.42. The zero-order valence-electron chi connectivity index (χ0n) is 8.75. The molecular weight excluding hydrogens is 193 g/mol. The molecule has 0 atom stereocenters. The van der Waals surface area contributed by atoms with Crippen molar-refractivity contribution in [2.45, 2.75) is 12.8 Å². The highest BCUT2D eigenvalue weighted by molar-refractivity contribution is 5.40. The number of hydrogen-bond donors (Lipinski definition) is 1. The smallest absolute Gasteiger partial charge is 0.214 e. The number of aromatic nitrogens is 1. The van der Waals surface area contributed by atoms with Crippen molar-refractivity contribution >= 4 is 5.69 Å². The molecule has 1 N–H and O–H groups in total. The van der Waals surface area contributed by atoms with Crippen molar-refractivity contribution < 1.29 is 4.39 Å². The fourth-order valence-electron chi connectivity index (χ4n) is 1.88. The van der Waals surface area contributed by atoms with E-state index in [9.17, 15) is 4.39 Å². The summed E-state index contributed by atoms with van der Waals surface area (Å²) in [5.74, 6) is -0.429. The molecule has 0 bridgehead atoms. The Kier molecular flexibility index (Phi) is 3.50. The molecule has 0 saturated carbocycles. The van der Waals surface area contributed by atoms with Crippen LogP contribution in [-0.2, 0) is 0 Å². The van der Waals surface area contributed by atoms with Crippen LogP contribution < -0.4 is 5.32 Å². The highest BCUT2D eigenvalue weighted by Gasteiger charge is 2.09. The Labute approximate surface area is 89.3 Å². The summed E-state index contributed by atoms with van der Waals surface area (Å²) in [6.45, 7) is 4.30. The van der Waals surface area contributed by atoms with Crippen molar-refractivity contribution in [1.82, 2.24) is 9.88 Å². The minimum absolute atomic E-state index is 0.429. The predicted octanol–water partition coefficient (Wildman–Crippen LogP) is 1.73. The molecule has 1 aliphatic heterocycles. The molecular formula is C11H16FN3. The summed E-state index contributed by atoms with van der Waals surface area (Å²) in [7, 11) is 0. The van der Waals surface area contributed by atoms with Crippen molar-refractivity contribution in [3.05, 3.63) is 24.3 Å². The van der Waals surface area contributed by atoms with Crippen molar-refractivity contribution in [1.29, 1.82) is 0 Å². The molecule has 1 aromatic rings. The monoisotopic (exact) mass is 209 g/mol. The summed E-state index contributed by atoms with van der Waals surface area (Å²) < 4.78 is 12.7. The van der Waals surface area contributed by atoms with Gasteiger partial charge in [-0.05, 0) is 32.0 Å². The van der Waals surface area contributed by atoms with Gasteiger partial charge >= 0.3 is 0 Å². The Balaban J connectivity index is 1.73. The van der Waals surface area contributed by atoms with Crippen LogP contribution in [-0.4, -0.2) is 36.1 Å². The fourth-order valence-corrected chi connectivity index (χ4v) is 1.88. The number of nitrogens with zero attached hydrogens (tertiary/aromatic N) is 2. The first kappa shape index (κ1) is 10.4. The maximum atomic E-state index is 12.7. The number of rotatable bonds is 4. The maximum absolute atomic E-state index is 12.7. The predicted molar refractivity (Wildman–Crippen MR) is 58.4 cm³/mol. The number of nitrogens with one attached hydrogen (secondary N) is 1. The third-order valence-corrected chi connectivity index (χ3v) is 2.68.